The Labute approximate surface area is 230 Å². The summed E-state index contributed by atoms with van der Waals surface area (Å²) in [6, 6.07) is 0. The van der Waals surface area contributed by atoms with Gasteiger partial charge in [-0.1, -0.05) is 52.4 Å². The number of hydrogen-bond donors (Lipinski definition) is 2. The predicted octanol–water partition coefficient (Wildman–Crippen LogP) is 1.53. The van der Waals surface area contributed by atoms with Crippen molar-refractivity contribution in [3.8, 4) is 0 Å². The summed E-state index contributed by atoms with van der Waals surface area (Å²) in [5.41, 5.74) is 0. The van der Waals surface area contributed by atoms with Crippen molar-refractivity contribution >= 4 is 81.2 Å². The standard InChI is InChI=1S/C19H36O9S.2Na.2H/c1-3-5-7-9-11-26-14-16(15-27-12-10-8-6-4-2)28-18(20)13-17(19(21)22)29(23,24)25;;;;/h16-17H,3-15H2,1-2H3,(H,21,22)(H,23,24,25);;;;. The minimum atomic E-state index is -4.92. The Morgan fingerprint density at radius 2 is 1.29 bits per heavy atom. The van der Waals surface area contributed by atoms with E-state index in [2.05, 4.69) is 13.8 Å². The second-order valence-electron chi connectivity index (χ2n) is 6.93. The molecule has 0 heterocycles. The van der Waals surface area contributed by atoms with Gasteiger partial charge in [0, 0.05) is 13.2 Å². The van der Waals surface area contributed by atoms with Gasteiger partial charge in [-0.25, -0.2) is 0 Å². The summed E-state index contributed by atoms with van der Waals surface area (Å²) < 4.78 is 47.4. The first-order chi connectivity index (χ1) is 13.7. The maximum atomic E-state index is 12.0. The van der Waals surface area contributed by atoms with Crippen LogP contribution >= 0.6 is 0 Å². The van der Waals surface area contributed by atoms with E-state index >= 15 is 0 Å². The van der Waals surface area contributed by atoms with Gasteiger partial charge in [0.25, 0.3) is 10.1 Å². The fourth-order valence-electron chi connectivity index (χ4n) is 2.51. The van der Waals surface area contributed by atoms with Crippen LogP contribution in [0.15, 0.2) is 0 Å². The third-order valence-corrected chi connectivity index (χ3v) is 5.26. The molecule has 0 bridgehead atoms. The number of carbonyl (C=O) groups is 2. The molecule has 0 aromatic carbocycles. The van der Waals surface area contributed by atoms with Crippen LogP contribution in [-0.2, 0) is 33.9 Å². The van der Waals surface area contributed by atoms with Gasteiger partial charge in [-0.15, -0.1) is 0 Å². The molecule has 1 atom stereocenters. The van der Waals surface area contributed by atoms with E-state index in [9.17, 15) is 18.0 Å². The van der Waals surface area contributed by atoms with E-state index in [1.165, 1.54) is 0 Å². The quantitative estimate of drug-likeness (QED) is 0.120. The number of unbranched alkanes of at least 4 members (excludes halogenated alkanes) is 6. The topological polar surface area (TPSA) is 136 Å². The fourth-order valence-corrected chi connectivity index (χ4v) is 3.11. The molecule has 0 aliphatic rings. The van der Waals surface area contributed by atoms with Crippen molar-refractivity contribution in [1.82, 2.24) is 0 Å². The van der Waals surface area contributed by atoms with Crippen LogP contribution < -0.4 is 0 Å². The first kappa shape index (κ1) is 36.3. The molecule has 0 spiro atoms. The summed E-state index contributed by atoms with van der Waals surface area (Å²) in [7, 11) is -4.92. The molecule has 31 heavy (non-hydrogen) atoms. The third kappa shape index (κ3) is 21.1. The van der Waals surface area contributed by atoms with E-state index in [0.29, 0.717) is 13.2 Å². The van der Waals surface area contributed by atoms with Gasteiger partial charge in [0.15, 0.2) is 5.25 Å². The summed E-state index contributed by atoms with van der Waals surface area (Å²) in [6.45, 7) is 5.32. The van der Waals surface area contributed by atoms with Crippen LogP contribution in [0.3, 0.4) is 0 Å². The number of carboxylic acid groups (broad SMARTS) is 1. The average molecular weight is 489 g/mol. The zero-order valence-corrected chi connectivity index (χ0v) is 18.3. The SMILES string of the molecule is CCCCCCOCC(COCCCCCC)OC(=O)CC(C(=O)O)S(=O)(=O)O.[NaH].[NaH]. The van der Waals surface area contributed by atoms with Gasteiger partial charge in [0.1, 0.15) is 6.10 Å². The van der Waals surface area contributed by atoms with E-state index in [4.69, 9.17) is 23.9 Å². The molecule has 0 amide bonds. The van der Waals surface area contributed by atoms with E-state index in [1.807, 2.05) is 0 Å². The molecule has 0 saturated heterocycles. The first-order valence-electron chi connectivity index (χ1n) is 10.3. The molecule has 9 nitrogen and oxygen atoms in total. The Balaban J connectivity index is -0.00000392. The Kier molecular flexibility index (Phi) is 26.4. The number of carbonyl (C=O) groups excluding carboxylic acids is 1. The molecule has 0 fully saturated rings. The third-order valence-electron chi connectivity index (χ3n) is 4.18. The zero-order valence-electron chi connectivity index (χ0n) is 17.5. The van der Waals surface area contributed by atoms with Gasteiger partial charge < -0.3 is 19.3 Å². The summed E-state index contributed by atoms with van der Waals surface area (Å²) in [5, 5.41) is 6.62. The van der Waals surface area contributed by atoms with Crippen molar-refractivity contribution in [2.24, 2.45) is 0 Å². The van der Waals surface area contributed by atoms with Crippen LogP contribution in [0.25, 0.3) is 0 Å². The molecule has 0 aliphatic carbocycles. The second-order valence-corrected chi connectivity index (χ2v) is 8.53. The number of carboxylic acids is 1. The molecule has 0 radical (unpaired) electrons. The van der Waals surface area contributed by atoms with E-state index < -0.39 is 39.8 Å². The minimum absolute atomic E-state index is 0. The predicted molar refractivity (Wildman–Crippen MR) is 122 cm³/mol. The maximum absolute atomic E-state index is 12.0. The molecule has 0 rings (SSSR count). The van der Waals surface area contributed by atoms with Gasteiger partial charge in [-0.2, -0.15) is 8.42 Å². The van der Waals surface area contributed by atoms with Gasteiger partial charge in [0.2, 0.25) is 0 Å². The summed E-state index contributed by atoms with van der Waals surface area (Å²) in [5.74, 6) is -2.87. The van der Waals surface area contributed by atoms with Gasteiger partial charge in [-0.3, -0.25) is 14.1 Å². The van der Waals surface area contributed by atoms with Crippen LogP contribution in [0.5, 0.6) is 0 Å². The number of aliphatic carboxylic acids is 1. The van der Waals surface area contributed by atoms with Crippen molar-refractivity contribution in [2.75, 3.05) is 26.4 Å². The normalized spacial score (nSPS) is 12.0. The fraction of sp³-hybridized carbons (Fsp3) is 0.895. The molecule has 0 saturated carbocycles. The second kappa shape index (κ2) is 22.6. The zero-order chi connectivity index (χ0) is 22.1. The molecule has 2 N–H and O–H groups in total. The number of rotatable bonds is 19. The van der Waals surface area contributed by atoms with E-state index in [1.54, 1.807) is 0 Å². The summed E-state index contributed by atoms with van der Waals surface area (Å²) in [6.07, 6.45) is 6.45. The van der Waals surface area contributed by atoms with Gasteiger partial charge in [0.05, 0.1) is 19.6 Å². The molecule has 0 aromatic rings. The van der Waals surface area contributed by atoms with Crippen LogP contribution in [-0.4, -0.2) is 127 Å². The van der Waals surface area contributed by atoms with Gasteiger partial charge in [-0.05, 0) is 12.8 Å². The van der Waals surface area contributed by atoms with Crippen LogP contribution in [0.4, 0.5) is 0 Å². The molecule has 12 heteroatoms. The van der Waals surface area contributed by atoms with E-state index in [0.717, 1.165) is 51.4 Å². The van der Waals surface area contributed by atoms with Crippen molar-refractivity contribution in [2.45, 2.75) is 83.0 Å². The Morgan fingerprint density at radius 3 is 1.65 bits per heavy atom. The van der Waals surface area contributed by atoms with Crippen molar-refractivity contribution in [3.63, 3.8) is 0 Å². The Morgan fingerprint density at radius 1 is 0.839 bits per heavy atom. The number of ether oxygens (including phenoxy) is 3. The van der Waals surface area contributed by atoms with Crippen LogP contribution in [0.1, 0.15) is 71.6 Å². The van der Waals surface area contributed by atoms with E-state index in [-0.39, 0.29) is 72.3 Å². The average Bonchev–Trinajstić information content (AvgIpc) is 2.63. The molecule has 0 aromatic heterocycles. The molecule has 0 aliphatic heterocycles. The number of esters is 1. The first-order valence-corrected chi connectivity index (χ1v) is 11.8. The van der Waals surface area contributed by atoms with Crippen LogP contribution in [0, 0.1) is 0 Å². The van der Waals surface area contributed by atoms with Crippen LogP contribution in [0.2, 0.25) is 0 Å². The van der Waals surface area contributed by atoms with Gasteiger partial charge >= 0.3 is 71.1 Å². The summed E-state index contributed by atoms with van der Waals surface area (Å²) in [4.78, 5) is 23.0. The Bertz CT molecular complexity index is 543. The van der Waals surface area contributed by atoms with Crippen molar-refractivity contribution < 1.29 is 41.9 Å². The monoisotopic (exact) mass is 488 g/mol. The van der Waals surface area contributed by atoms with Crippen molar-refractivity contribution in [1.29, 1.82) is 0 Å². The molecular weight excluding hydrogens is 450 g/mol. The Hall–Kier alpha value is 0.770. The molecular formula is C19H38Na2O9S. The number of hydrogen-bond acceptors (Lipinski definition) is 7. The molecule has 176 valence electrons. The van der Waals surface area contributed by atoms with Crippen molar-refractivity contribution in [3.05, 3.63) is 0 Å². The molecule has 1 unspecified atom stereocenters. The summed E-state index contributed by atoms with van der Waals surface area (Å²) >= 11 is 0.